The maximum atomic E-state index is 12.6. The lowest BCUT2D eigenvalue weighted by atomic mass is 9.82. The van der Waals surface area contributed by atoms with Crippen molar-refractivity contribution in [3.8, 4) is 0 Å². The van der Waals surface area contributed by atoms with Crippen LogP contribution in [0.2, 0.25) is 0 Å². The van der Waals surface area contributed by atoms with Crippen molar-refractivity contribution in [1.82, 2.24) is 14.9 Å². The van der Waals surface area contributed by atoms with Gasteiger partial charge in [0, 0.05) is 42.7 Å². The first-order valence-electron chi connectivity index (χ1n) is 8.40. The number of likely N-dealkylation sites (tertiary alicyclic amines) is 1. The smallest absolute Gasteiger partial charge is 0.239 e. The highest BCUT2D eigenvalue weighted by atomic mass is 32.1. The molecule has 1 atom stereocenters. The molecule has 1 spiro atoms. The van der Waals surface area contributed by atoms with E-state index in [2.05, 4.69) is 21.4 Å². The third-order valence-electron chi connectivity index (χ3n) is 5.14. The number of aromatic nitrogens is 2. The molecule has 0 aliphatic carbocycles. The number of nitrogens with two attached hydrogens (primary N) is 1. The number of piperidine rings is 1. The zero-order valence-electron chi connectivity index (χ0n) is 13.5. The number of imidazole rings is 1. The van der Waals surface area contributed by atoms with E-state index >= 15 is 0 Å². The molecule has 0 radical (unpaired) electrons. The van der Waals surface area contributed by atoms with E-state index in [1.807, 2.05) is 16.2 Å². The van der Waals surface area contributed by atoms with Crippen LogP contribution in [0.15, 0.2) is 24.0 Å². The lowest BCUT2D eigenvalue weighted by Crippen LogP contribution is -2.52. The largest absolute Gasteiger partial charge is 0.370 e. The molecule has 0 saturated carbocycles. The van der Waals surface area contributed by atoms with Crippen LogP contribution in [0.1, 0.15) is 29.0 Å². The Balaban J connectivity index is 1.41. The molecule has 0 unspecified atom stereocenters. The number of nitrogens with one attached hydrogen (secondary N) is 1. The molecule has 2 aliphatic heterocycles. The quantitative estimate of drug-likeness (QED) is 0.881. The number of thiophene rings is 1. The highest BCUT2D eigenvalue weighted by molar-refractivity contribution is 7.10. The van der Waals surface area contributed by atoms with Gasteiger partial charge in [0.1, 0.15) is 0 Å². The van der Waals surface area contributed by atoms with Crippen LogP contribution in [-0.2, 0) is 28.0 Å². The fourth-order valence-electron chi connectivity index (χ4n) is 3.81. The summed E-state index contributed by atoms with van der Waals surface area (Å²) in [5, 5.41) is 2.15. The van der Waals surface area contributed by atoms with E-state index in [-0.39, 0.29) is 11.5 Å². The summed E-state index contributed by atoms with van der Waals surface area (Å²) in [7, 11) is 0. The molecule has 1 saturated heterocycles. The average Bonchev–Trinajstić information content (AvgIpc) is 3.27. The Kier molecular flexibility index (Phi) is 4.15. The van der Waals surface area contributed by atoms with Gasteiger partial charge in [-0.2, -0.15) is 0 Å². The summed E-state index contributed by atoms with van der Waals surface area (Å²) in [6, 6.07) is 1.67. The Bertz CT molecular complexity index is 704. The lowest BCUT2D eigenvalue weighted by Gasteiger charge is -2.44. The Morgan fingerprint density at radius 1 is 1.50 bits per heavy atom. The van der Waals surface area contributed by atoms with Crippen LogP contribution >= 0.6 is 11.3 Å². The maximum absolute atomic E-state index is 12.6. The molecule has 1 amide bonds. The summed E-state index contributed by atoms with van der Waals surface area (Å²) in [4.78, 5) is 22.9. The molecule has 2 aliphatic rings. The van der Waals surface area contributed by atoms with Crippen molar-refractivity contribution in [2.75, 3.05) is 19.7 Å². The van der Waals surface area contributed by atoms with Crippen molar-refractivity contribution in [2.45, 2.75) is 37.3 Å². The summed E-state index contributed by atoms with van der Waals surface area (Å²) in [6.45, 7) is 2.18. The summed E-state index contributed by atoms with van der Waals surface area (Å²) in [5.74, 6) is 0.0146. The topological polar surface area (TPSA) is 84.2 Å². The molecule has 7 heteroatoms. The van der Waals surface area contributed by atoms with Gasteiger partial charge < -0.3 is 20.4 Å². The van der Waals surface area contributed by atoms with Crippen molar-refractivity contribution < 1.29 is 9.53 Å². The summed E-state index contributed by atoms with van der Waals surface area (Å²) in [5.41, 5.74) is 8.14. The van der Waals surface area contributed by atoms with E-state index in [9.17, 15) is 4.79 Å². The van der Waals surface area contributed by atoms with E-state index in [1.54, 1.807) is 12.5 Å². The van der Waals surface area contributed by atoms with Crippen molar-refractivity contribution in [3.05, 3.63) is 40.1 Å². The van der Waals surface area contributed by atoms with Crippen LogP contribution in [0.25, 0.3) is 0 Å². The number of rotatable bonds is 3. The predicted molar refractivity (Wildman–Crippen MR) is 91.7 cm³/mol. The van der Waals surface area contributed by atoms with Gasteiger partial charge in [0.25, 0.3) is 0 Å². The van der Waals surface area contributed by atoms with Gasteiger partial charge in [-0.25, -0.2) is 4.98 Å². The Labute approximate surface area is 145 Å². The number of nitrogens with zero attached hydrogens (tertiary/aromatic N) is 2. The number of hydrogen-bond acceptors (Lipinski definition) is 5. The third kappa shape index (κ3) is 2.76. The molecule has 0 aromatic carbocycles. The molecule has 4 heterocycles. The van der Waals surface area contributed by atoms with Crippen LogP contribution in [0, 0.1) is 0 Å². The number of hydrogen-bond donors (Lipinski definition) is 2. The van der Waals surface area contributed by atoms with Gasteiger partial charge in [-0.1, -0.05) is 0 Å². The van der Waals surface area contributed by atoms with Gasteiger partial charge in [0.15, 0.2) is 0 Å². The van der Waals surface area contributed by atoms with Gasteiger partial charge in [0.2, 0.25) is 5.91 Å². The van der Waals surface area contributed by atoms with Gasteiger partial charge in [-0.15, -0.1) is 11.3 Å². The van der Waals surface area contributed by atoms with E-state index < -0.39 is 6.04 Å². The van der Waals surface area contributed by atoms with Gasteiger partial charge >= 0.3 is 0 Å². The number of ether oxygens (including phenoxy) is 1. The first-order valence-corrected chi connectivity index (χ1v) is 9.28. The minimum Gasteiger partial charge on any atom is -0.370 e. The van der Waals surface area contributed by atoms with Gasteiger partial charge in [0.05, 0.1) is 24.6 Å². The zero-order valence-corrected chi connectivity index (χ0v) is 14.3. The second-order valence-electron chi connectivity index (χ2n) is 6.56. The normalized spacial score (nSPS) is 20.8. The molecule has 24 heavy (non-hydrogen) atoms. The second kappa shape index (κ2) is 6.31. The van der Waals surface area contributed by atoms with Crippen LogP contribution in [0.5, 0.6) is 0 Å². The van der Waals surface area contributed by atoms with Crippen molar-refractivity contribution >= 4 is 17.2 Å². The molecular weight excluding hydrogens is 324 g/mol. The number of fused-ring (bicyclic) bond motifs is 2. The average molecular weight is 346 g/mol. The van der Waals surface area contributed by atoms with Crippen LogP contribution in [0.3, 0.4) is 0 Å². The van der Waals surface area contributed by atoms with Gasteiger partial charge in [-0.3, -0.25) is 4.79 Å². The monoisotopic (exact) mass is 346 g/mol. The Morgan fingerprint density at radius 3 is 3.08 bits per heavy atom. The van der Waals surface area contributed by atoms with E-state index in [0.717, 1.165) is 31.6 Å². The van der Waals surface area contributed by atoms with Gasteiger partial charge in [-0.05, 0) is 29.9 Å². The lowest BCUT2D eigenvalue weighted by molar-refractivity contribution is -0.141. The molecule has 1 fully saturated rings. The summed E-state index contributed by atoms with van der Waals surface area (Å²) in [6.07, 6.45) is 6.51. The number of carbonyl (C=O) groups excluding carboxylic acids is 1. The summed E-state index contributed by atoms with van der Waals surface area (Å²) < 4.78 is 6.19. The molecule has 0 bridgehead atoms. The Hall–Kier alpha value is -1.70. The first kappa shape index (κ1) is 15.8. The SMILES string of the molecule is N[C@@H](Cc1cnc[nH]1)C(=O)N1CCC2(CC1)OCCc1sccc12. The highest BCUT2D eigenvalue weighted by Crippen LogP contribution is 2.43. The number of H-pyrrole nitrogens is 1. The minimum atomic E-state index is -0.525. The molecule has 128 valence electrons. The predicted octanol–water partition coefficient (Wildman–Crippen LogP) is 1.43. The fraction of sp³-hybridized carbons (Fsp3) is 0.529. The highest BCUT2D eigenvalue weighted by Gasteiger charge is 2.42. The molecule has 3 N–H and O–H groups in total. The number of aromatic amines is 1. The summed E-state index contributed by atoms with van der Waals surface area (Å²) >= 11 is 1.82. The molecule has 6 nitrogen and oxygen atoms in total. The van der Waals surface area contributed by atoms with Crippen LogP contribution < -0.4 is 5.73 Å². The molecule has 4 rings (SSSR count). The van der Waals surface area contributed by atoms with E-state index in [0.29, 0.717) is 19.5 Å². The number of amides is 1. The maximum Gasteiger partial charge on any atom is 0.239 e. The van der Waals surface area contributed by atoms with E-state index in [4.69, 9.17) is 10.5 Å². The Morgan fingerprint density at radius 2 is 2.33 bits per heavy atom. The molecular formula is C17H22N4O2S. The first-order chi connectivity index (χ1) is 11.7. The minimum absolute atomic E-state index is 0.0146. The standard InChI is InChI=1S/C17H22N4O2S/c18-14(9-12-10-19-11-20-12)16(22)21-5-3-17(4-6-21)13-2-8-24-15(13)1-7-23-17/h2,8,10-11,14H,1,3-7,9,18H2,(H,19,20)/t14-/m0/s1. The fourth-order valence-corrected chi connectivity index (χ4v) is 4.76. The second-order valence-corrected chi connectivity index (χ2v) is 7.56. The molecule has 2 aromatic heterocycles. The van der Waals surface area contributed by atoms with Crippen LogP contribution in [0.4, 0.5) is 0 Å². The third-order valence-corrected chi connectivity index (χ3v) is 6.12. The number of carbonyl (C=O) groups is 1. The van der Waals surface area contributed by atoms with Crippen LogP contribution in [-0.4, -0.2) is 46.5 Å². The molecule has 2 aromatic rings. The van der Waals surface area contributed by atoms with Crippen molar-refractivity contribution in [2.24, 2.45) is 5.73 Å². The van der Waals surface area contributed by atoms with Crippen molar-refractivity contribution in [1.29, 1.82) is 0 Å². The van der Waals surface area contributed by atoms with E-state index in [1.165, 1.54) is 10.4 Å². The zero-order chi connectivity index (χ0) is 16.6. The van der Waals surface area contributed by atoms with Crippen molar-refractivity contribution in [3.63, 3.8) is 0 Å².